The molecule has 5 nitrogen and oxygen atoms in total. The average molecular weight is 438 g/mol. The zero-order valence-electron chi connectivity index (χ0n) is 18.1. The van der Waals surface area contributed by atoms with Gasteiger partial charge in [0.1, 0.15) is 16.3 Å². The number of hydrogen-bond donors (Lipinski definition) is 1. The first-order valence-corrected chi connectivity index (χ1v) is 11.2. The molecule has 0 fully saturated rings. The molecule has 2 aromatic carbocycles. The van der Waals surface area contributed by atoms with E-state index in [0.717, 1.165) is 22.4 Å². The zero-order chi connectivity index (χ0) is 22.2. The van der Waals surface area contributed by atoms with Gasteiger partial charge in [0.25, 0.3) is 0 Å². The largest absolute Gasteiger partial charge is 0.493 e. The molecular weight excluding hydrogens is 410 g/mol. The molecule has 31 heavy (non-hydrogen) atoms. The summed E-state index contributed by atoms with van der Waals surface area (Å²) >= 11 is 1.33. The third kappa shape index (κ3) is 5.95. The fourth-order valence-electron chi connectivity index (χ4n) is 3.25. The van der Waals surface area contributed by atoms with Crippen molar-refractivity contribution >= 4 is 28.2 Å². The highest BCUT2D eigenvalue weighted by atomic mass is 32.1. The van der Waals surface area contributed by atoms with Crippen LogP contribution in [0.25, 0.3) is 11.1 Å². The molecule has 1 amide bonds. The highest BCUT2D eigenvalue weighted by Gasteiger charge is 2.22. The molecule has 0 saturated heterocycles. The summed E-state index contributed by atoms with van der Waals surface area (Å²) < 4.78 is 11.0. The van der Waals surface area contributed by atoms with Crippen molar-refractivity contribution in [1.29, 1.82) is 0 Å². The van der Waals surface area contributed by atoms with Gasteiger partial charge in [0, 0.05) is 17.4 Å². The van der Waals surface area contributed by atoms with Crippen LogP contribution in [0.15, 0.2) is 53.9 Å². The third-order valence-corrected chi connectivity index (χ3v) is 5.64. The zero-order valence-corrected chi connectivity index (χ0v) is 18.9. The molecule has 0 radical (unpaired) electrons. The van der Waals surface area contributed by atoms with Crippen LogP contribution < -0.4 is 10.1 Å². The first-order chi connectivity index (χ1) is 15.0. The summed E-state index contributed by atoms with van der Waals surface area (Å²) in [7, 11) is 0. The van der Waals surface area contributed by atoms with Crippen LogP contribution in [0.3, 0.4) is 0 Å². The van der Waals surface area contributed by atoms with Crippen molar-refractivity contribution in [1.82, 2.24) is 0 Å². The van der Waals surface area contributed by atoms with Crippen LogP contribution >= 0.6 is 11.3 Å². The Balaban J connectivity index is 1.62. The summed E-state index contributed by atoms with van der Waals surface area (Å²) in [4.78, 5) is 25.1. The lowest BCUT2D eigenvalue weighted by Crippen LogP contribution is -2.15. The van der Waals surface area contributed by atoms with Crippen LogP contribution in [-0.4, -0.2) is 25.1 Å². The number of rotatable bonds is 9. The number of nitrogens with one attached hydrogen (secondary N) is 1. The third-order valence-electron chi connectivity index (χ3n) is 4.74. The topological polar surface area (TPSA) is 64.6 Å². The molecule has 1 N–H and O–H groups in total. The summed E-state index contributed by atoms with van der Waals surface area (Å²) in [6, 6.07) is 15.6. The minimum absolute atomic E-state index is 0.156. The molecule has 0 aliphatic heterocycles. The number of esters is 1. The van der Waals surface area contributed by atoms with E-state index in [1.165, 1.54) is 16.9 Å². The number of thiophene rings is 1. The molecular formula is C25H27NO4S. The Morgan fingerprint density at radius 3 is 2.55 bits per heavy atom. The van der Waals surface area contributed by atoms with Crippen molar-refractivity contribution in [3.63, 3.8) is 0 Å². The summed E-state index contributed by atoms with van der Waals surface area (Å²) in [6.07, 6.45) is 0.872. The predicted octanol–water partition coefficient (Wildman–Crippen LogP) is 6.01. The number of carbonyl (C=O) groups excluding carboxylic acids is 2. The molecule has 1 aromatic heterocycles. The van der Waals surface area contributed by atoms with Gasteiger partial charge in [-0.25, -0.2) is 4.79 Å². The number of carbonyl (C=O) groups is 2. The Bertz CT molecular complexity index is 1040. The number of ether oxygens (including phenoxy) is 2. The molecule has 3 rings (SSSR count). The number of benzene rings is 2. The van der Waals surface area contributed by atoms with Crippen LogP contribution in [0, 0.1) is 13.8 Å². The van der Waals surface area contributed by atoms with Crippen molar-refractivity contribution in [2.75, 3.05) is 18.5 Å². The first kappa shape index (κ1) is 22.6. The second kappa shape index (κ2) is 10.8. The number of anilines is 1. The van der Waals surface area contributed by atoms with Crippen molar-refractivity contribution < 1.29 is 19.1 Å². The fraction of sp³-hybridized carbons (Fsp3) is 0.280. The Hall–Kier alpha value is -3.12. The quantitative estimate of drug-likeness (QED) is 0.329. The van der Waals surface area contributed by atoms with Crippen LogP contribution in [0.5, 0.6) is 5.75 Å². The normalized spacial score (nSPS) is 10.5. The Morgan fingerprint density at radius 2 is 1.84 bits per heavy atom. The SMILES string of the molecule is CCOC(=O)c1c(-c2ccccc2)csc1NC(=O)CCCOc1ccc(C)cc1C. The fourth-order valence-corrected chi connectivity index (χ4v) is 4.22. The van der Waals surface area contributed by atoms with Gasteiger partial charge in [-0.05, 0) is 44.4 Å². The standard InChI is InChI=1S/C25H27NO4S/c1-4-29-25(28)23-20(19-9-6-5-7-10-19)16-31-24(23)26-22(27)11-8-14-30-21-13-12-17(2)15-18(21)3/h5-7,9-10,12-13,15-16H,4,8,11,14H2,1-3H3,(H,26,27). The minimum Gasteiger partial charge on any atom is -0.493 e. The molecule has 0 aliphatic carbocycles. The average Bonchev–Trinajstić information content (AvgIpc) is 3.17. The molecule has 0 saturated carbocycles. The van der Waals surface area contributed by atoms with Crippen LogP contribution in [0.1, 0.15) is 41.3 Å². The monoisotopic (exact) mass is 437 g/mol. The van der Waals surface area contributed by atoms with Gasteiger partial charge in [0.15, 0.2) is 0 Å². The highest BCUT2D eigenvalue weighted by molar-refractivity contribution is 7.15. The van der Waals surface area contributed by atoms with E-state index in [-0.39, 0.29) is 12.5 Å². The van der Waals surface area contributed by atoms with E-state index in [0.29, 0.717) is 30.0 Å². The minimum atomic E-state index is -0.434. The molecule has 0 unspecified atom stereocenters. The lowest BCUT2D eigenvalue weighted by molar-refractivity contribution is -0.116. The maximum atomic E-state index is 12.6. The smallest absolute Gasteiger partial charge is 0.341 e. The van der Waals surface area contributed by atoms with E-state index < -0.39 is 5.97 Å². The van der Waals surface area contributed by atoms with Crippen molar-refractivity contribution in [3.05, 3.63) is 70.6 Å². The van der Waals surface area contributed by atoms with Gasteiger partial charge in [-0.3, -0.25) is 4.79 Å². The van der Waals surface area contributed by atoms with E-state index in [9.17, 15) is 9.59 Å². The van der Waals surface area contributed by atoms with Gasteiger partial charge in [-0.1, -0.05) is 48.0 Å². The van der Waals surface area contributed by atoms with Crippen molar-refractivity contribution in [2.45, 2.75) is 33.6 Å². The number of aryl methyl sites for hydroxylation is 2. The Kier molecular flexibility index (Phi) is 7.84. The highest BCUT2D eigenvalue weighted by Crippen LogP contribution is 2.36. The second-order valence-electron chi connectivity index (χ2n) is 7.21. The Labute approximate surface area is 187 Å². The lowest BCUT2D eigenvalue weighted by Gasteiger charge is -2.10. The molecule has 6 heteroatoms. The van der Waals surface area contributed by atoms with Crippen molar-refractivity contribution in [3.8, 4) is 16.9 Å². The molecule has 162 valence electrons. The van der Waals surface area contributed by atoms with Crippen LogP contribution in [0.2, 0.25) is 0 Å². The molecule has 0 atom stereocenters. The molecule has 3 aromatic rings. The van der Waals surface area contributed by atoms with E-state index >= 15 is 0 Å². The predicted molar refractivity (Wildman–Crippen MR) is 125 cm³/mol. The second-order valence-corrected chi connectivity index (χ2v) is 8.09. The number of amides is 1. The first-order valence-electron chi connectivity index (χ1n) is 10.3. The van der Waals surface area contributed by atoms with Gasteiger partial charge in [-0.2, -0.15) is 0 Å². The summed E-state index contributed by atoms with van der Waals surface area (Å²) in [5.41, 5.74) is 4.34. The molecule has 0 aliphatic rings. The number of hydrogen-bond acceptors (Lipinski definition) is 5. The summed E-state index contributed by atoms with van der Waals surface area (Å²) in [5, 5.41) is 5.27. The molecule has 0 spiro atoms. The van der Waals surface area contributed by atoms with E-state index in [1.54, 1.807) is 6.92 Å². The van der Waals surface area contributed by atoms with Gasteiger partial charge in [-0.15, -0.1) is 11.3 Å². The van der Waals surface area contributed by atoms with Gasteiger partial charge < -0.3 is 14.8 Å². The van der Waals surface area contributed by atoms with E-state index in [4.69, 9.17) is 9.47 Å². The molecule has 0 bridgehead atoms. The molecule has 1 heterocycles. The van der Waals surface area contributed by atoms with Crippen molar-refractivity contribution in [2.24, 2.45) is 0 Å². The van der Waals surface area contributed by atoms with Gasteiger partial charge in [0.2, 0.25) is 5.91 Å². The van der Waals surface area contributed by atoms with Gasteiger partial charge in [0.05, 0.1) is 13.2 Å². The maximum absolute atomic E-state index is 12.6. The van der Waals surface area contributed by atoms with E-state index in [2.05, 4.69) is 11.4 Å². The van der Waals surface area contributed by atoms with Gasteiger partial charge >= 0.3 is 5.97 Å². The van der Waals surface area contributed by atoms with Crippen LogP contribution in [0.4, 0.5) is 5.00 Å². The van der Waals surface area contributed by atoms with Crippen LogP contribution in [-0.2, 0) is 9.53 Å². The van der Waals surface area contributed by atoms with E-state index in [1.807, 2.05) is 61.7 Å². The summed E-state index contributed by atoms with van der Waals surface area (Å²) in [6.45, 7) is 6.53. The lowest BCUT2D eigenvalue weighted by atomic mass is 10.0. The summed E-state index contributed by atoms with van der Waals surface area (Å²) in [5.74, 6) is 0.244. The maximum Gasteiger partial charge on any atom is 0.341 e. The Morgan fingerprint density at radius 1 is 1.06 bits per heavy atom.